The van der Waals surface area contributed by atoms with Crippen LogP contribution in [-0.2, 0) is 0 Å². The summed E-state index contributed by atoms with van der Waals surface area (Å²) in [5.74, 6) is 0.0973. The second-order valence-corrected chi connectivity index (χ2v) is 6.52. The number of fused-ring (bicyclic) bond motifs is 1. The molecule has 0 N–H and O–H groups in total. The zero-order valence-electron chi connectivity index (χ0n) is 14.7. The van der Waals surface area contributed by atoms with E-state index in [1.807, 2.05) is 52.0 Å². The first-order chi connectivity index (χ1) is 12.8. The maximum absolute atomic E-state index is 12.7. The molecule has 0 spiro atoms. The fraction of sp³-hybridized carbons (Fsp3) is 0.238. The van der Waals surface area contributed by atoms with Crippen LogP contribution in [0.5, 0.6) is 0 Å². The lowest BCUT2D eigenvalue weighted by atomic mass is 10.2. The van der Waals surface area contributed by atoms with Crippen molar-refractivity contribution in [1.82, 2.24) is 19.2 Å². The SMILES string of the molecule is O=C(c1ccc2nccn2c1)N1CCN(C/C=C/c2ccccc2)CC1. The van der Waals surface area contributed by atoms with Gasteiger partial charge < -0.3 is 9.30 Å². The third-order valence-electron chi connectivity index (χ3n) is 4.77. The van der Waals surface area contributed by atoms with Crippen molar-refractivity contribution in [2.45, 2.75) is 0 Å². The molecule has 0 radical (unpaired) electrons. The molecule has 3 aromatic rings. The van der Waals surface area contributed by atoms with E-state index in [2.05, 4.69) is 34.2 Å². The molecule has 0 aliphatic carbocycles. The number of amides is 1. The van der Waals surface area contributed by atoms with Gasteiger partial charge in [0.25, 0.3) is 5.91 Å². The summed E-state index contributed by atoms with van der Waals surface area (Å²) in [6.07, 6.45) is 9.81. The molecule has 1 saturated heterocycles. The van der Waals surface area contributed by atoms with Gasteiger partial charge in [-0.25, -0.2) is 4.98 Å². The fourth-order valence-corrected chi connectivity index (χ4v) is 3.26. The number of pyridine rings is 1. The Morgan fingerprint density at radius 3 is 2.65 bits per heavy atom. The van der Waals surface area contributed by atoms with Gasteiger partial charge in [-0.05, 0) is 17.7 Å². The van der Waals surface area contributed by atoms with E-state index in [1.54, 1.807) is 6.20 Å². The van der Waals surface area contributed by atoms with E-state index in [0.29, 0.717) is 5.56 Å². The van der Waals surface area contributed by atoms with Gasteiger partial charge in [0.1, 0.15) is 5.65 Å². The van der Waals surface area contributed by atoms with Gasteiger partial charge in [0.05, 0.1) is 5.56 Å². The summed E-state index contributed by atoms with van der Waals surface area (Å²) in [6.45, 7) is 4.24. The van der Waals surface area contributed by atoms with E-state index in [1.165, 1.54) is 5.56 Å². The highest BCUT2D eigenvalue weighted by Gasteiger charge is 2.21. The molecule has 1 aliphatic heterocycles. The van der Waals surface area contributed by atoms with Crippen molar-refractivity contribution in [2.24, 2.45) is 0 Å². The van der Waals surface area contributed by atoms with Crippen LogP contribution < -0.4 is 0 Å². The highest BCUT2D eigenvalue weighted by atomic mass is 16.2. The average molecular weight is 346 g/mol. The number of hydrogen-bond donors (Lipinski definition) is 0. The van der Waals surface area contributed by atoms with Gasteiger partial charge in [0.15, 0.2) is 0 Å². The Morgan fingerprint density at radius 1 is 1.04 bits per heavy atom. The summed E-state index contributed by atoms with van der Waals surface area (Å²) in [7, 11) is 0. The second kappa shape index (κ2) is 7.54. The molecule has 0 atom stereocenters. The Morgan fingerprint density at radius 2 is 1.85 bits per heavy atom. The summed E-state index contributed by atoms with van der Waals surface area (Å²) >= 11 is 0. The standard InChI is InChI=1S/C21H22N4O/c26-21(19-8-9-20-22-10-12-25(20)17-19)24-15-13-23(14-16-24)11-4-7-18-5-2-1-3-6-18/h1-10,12,17H,11,13-16H2/b7-4+. The lowest BCUT2D eigenvalue weighted by molar-refractivity contribution is 0.0650. The molecule has 0 saturated carbocycles. The van der Waals surface area contributed by atoms with Crippen molar-refractivity contribution in [1.29, 1.82) is 0 Å². The summed E-state index contributed by atoms with van der Waals surface area (Å²) in [5, 5.41) is 0. The van der Waals surface area contributed by atoms with Crippen molar-refractivity contribution >= 4 is 17.6 Å². The minimum Gasteiger partial charge on any atom is -0.336 e. The number of benzene rings is 1. The van der Waals surface area contributed by atoms with Gasteiger partial charge in [-0.1, -0.05) is 42.5 Å². The second-order valence-electron chi connectivity index (χ2n) is 6.52. The molecule has 26 heavy (non-hydrogen) atoms. The number of piperazine rings is 1. The molecule has 1 fully saturated rings. The Kier molecular flexibility index (Phi) is 4.80. The number of rotatable bonds is 4. The van der Waals surface area contributed by atoms with Crippen LogP contribution in [0, 0.1) is 0 Å². The van der Waals surface area contributed by atoms with Crippen LogP contribution in [0.25, 0.3) is 11.7 Å². The summed E-state index contributed by atoms with van der Waals surface area (Å²) in [4.78, 5) is 21.3. The Balaban J connectivity index is 1.31. The van der Waals surface area contributed by atoms with Crippen LogP contribution in [0.2, 0.25) is 0 Å². The zero-order chi connectivity index (χ0) is 17.8. The molecule has 2 aromatic heterocycles. The Hall–Kier alpha value is -2.92. The quantitative estimate of drug-likeness (QED) is 0.729. The van der Waals surface area contributed by atoms with E-state index in [9.17, 15) is 4.79 Å². The number of nitrogens with zero attached hydrogens (tertiary/aromatic N) is 4. The van der Waals surface area contributed by atoms with Crippen LogP contribution in [0.4, 0.5) is 0 Å². The highest BCUT2D eigenvalue weighted by Crippen LogP contribution is 2.11. The zero-order valence-corrected chi connectivity index (χ0v) is 14.7. The first-order valence-electron chi connectivity index (χ1n) is 8.95. The van der Waals surface area contributed by atoms with E-state index in [4.69, 9.17) is 0 Å². The van der Waals surface area contributed by atoms with Crippen LogP contribution in [-0.4, -0.2) is 57.8 Å². The molecular weight excluding hydrogens is 324 g/mol. The minimum absolute atomic E-state index is 0.0973. The van der Waals surface area contributed by atoms with Crippen molar-refractivity contribution < 1.29 is 4.79 Å². The van der Waals surface area contributed by atoms with Crippen molar-refractivity contribution in [3.8, 4) is 0 Å². The molecule has 5 nitrogen and oxygen atoms in total. The first-order valence-corrected chi connectivity index (χ1v) is 8.95. The molecule has 4 rings (SSSR count). The van der Waals surface area contributed by atoms with Crippen molar-refractivity contribution in [3.63, 3.8) is 0 Å². The first kappa shape index (κ1) is 16.5. The molecule has 3 heterocycles. The predicted octanol–water partition coefficient (Wildman–Crippen LogP) is 2.81. The summed E-state index contributed by atoms with van der Waals surface area (Å²) < 4.78 is 1.89. The number of carbonyl (C=O) groups is 1. The molecule has 1 aliphatic rings. The normalized spacial score (nSPS) is 15.8. The maximum atomic E-state index is 12.7. The fourth-order valence-electron chi connectivity index (χ4n) is 3.26. The Labute approximate surface area is 153 Å². The van der Waals surface area contributed by atoms with Crippen LogP contribution >= 0.6 is 0 Å². The van der Waals surface area contributed by atoms with Crippen molar-refractivity contribution in [3.05, 3.63) is 78.3 Å². The minimum atomic E-state index is 0.0973. The van der Waals surface area contributed by atoms with E-state index < -0.39 is 0 Å². The van der Waals surface area contributed by atoms with E-state index in [0.717, 1.165) is 38.4 Å². The van der Waals surface area contributed by atoms with E-state index >= 15 is 0 Å². The van der Waals surface area contributed by atoms with Crippen LogP contribution in [0.1, 0.15) is 15.9 Å². The molecule has 132 valence electrons. The third kappa shape index (κ3) is 3.68. The summed E-state index contributed by atoms with van der Waals surface area (Å²) in [5.41, 5.74) is 2.79. The third-order valence-corrected chi connectivity index (χ3v) is 4.77. The molecule has 1 amide bonds. The predicted molar refractivity (Wildman–Crippen MR) is 103 cm³/mol. The molecular formula is C21H22N4O. The van der Waals surface area contributed by atoms with Crippen LogP contribution in [0.15, 0.2) is 67.1 Å². The average Bonchev–Trinajstić information content (AvgIpc) is 3.17. The van der Waals surface area contributed by atoms with Gasteiger partial charge in [-0.3, -0.25) is 9.69 Å². The maximum Gasteiger partial charge on any atom is 0.255 e. The van der Waals surface area contributed by atoms with Gasteiger partial charge in [0.2, 0.25) is 0 Å². The van der Waals surface area contributed by atoms with Gasteiger partial charge >= 0.3 is 0 Å². The van der Waals surface area contributed by atoms with Crippen LogP contribution in [0.3, 0.4) is 0 Å². The van der Waals surface area contributed by atoms with Gasteiger partial charge in [-0.15, -0.1) is 0 Å². The topological polar surface area (TPSA) is 40.9 Å². The monoisotopic (exact) mass is 346 g/mol. The number of aromatic nitrogens is 2. The van der Waals surface area contributed by atoms with Crippen molar-refractivity contribution in [2.75, 3.05) is 32.7 Å². The van der Waals surface area contributed by atoms with E-state index in [-0.39, 0.29) is 5.91 Å². The molecule has 0 unspecified atom stereocenters. The smallest absolute Gasteiger partial charge is 0.255 e. The molecule has 1 aromatic carbocycles. The molecule has 5 heteroatoms. The Bertz CT molecular complexity index is 908. The lowest BCUT2D eigenvalue weighted by Gasteiger charge is -2.34. The van der Waals surface area contributed by atoms with Gasteiger partial charge in [-0.2, -0.15) is 0 Å². The number of hydrogen-bond acceptors (Lipinski definition) is 3. The lowest BCUT2D eigenvalue weighted by Crippen LogP contribution is -2.48. The number of imidazole rings is 1. The largest absolute Gasteiger partial charge is 0.336 e. The number of carbonyl (C=O) groups excluding carboxylic acids is 1. The summed E-state index contributed by atoms with van der Waals surface area (Å²) in [6, 6.07) is 14.1. The molecule has 0 bridgehead atoms. The highest BCUT2D eigenvalue weighted by molar-refractivity contribution is 5.94. The van der Waals surface area contributed by atoms with Gasteiger partial charge in [0, 0.05) is 51.3 Å².